The molecule has 0 aliphatic heterocycles. The van der Waals surface area contributed by atoms with Gasteiger partial charge in [0.05, 0.1) is 13.2 Å². The Morgan fingerprint density at radius 1 is 1.29 bits per heavy atom. The second-order valence-electron chi connectivity index (χ2n) is 4.40. The first-order valence-corrected chi connectivity index (χ1v) is 6.41. The molecule has 0 saturated heterocycles. The Hall–Kier alpha value is -0.770. The second-order valence-corrected chi connectivity index (χ2v) is 4.80. The Morgan fingerprint density at radius 2 is 2.06 bits per heavy atom. The highest BCUT2D eigenvalue weighted by molar-refractivity contribution is 6.31. The normalized spacial score (nSPS) is 15.7. The van der Waals surface area contributed by atoms with E-state index in [2.05, 4.69) is 4.90 Å². The monoisotopic (exact) mass is 255 g/mol. The van der Waals surface area contributed by atoms with E-state index in [1.54, 1.807) is 6.07 Å². The van der Waals surface area contributed by atoms with Gasteiger partial charge in [0, 0.05) is 28.9 Å². The first kappa shape index (κ1) is 12.7. The molecule has 1 aliphatic carbocycles. The molecule has 0 radical (unpaired) electrons. The summed E-state index contributed by atoms with van der Waals surface area (Å²) in [6.07, 6.45) is 3.54. The van der Waals surface area contributed by atoms with Gasteiger partial charge in [-0.2, -0.15) is 0 Å². The summed E-state index contributed by atoms with van der Waals surface area (Å²) < 4.78 is 0. The topological polar surface area (TPSA) is 43.7 Å². The van der Waals surface area contributed by atoms with E-state index in [0.717, 1.165) is 24.1 Å². The molecule has 0 atom stereocenters. The van der Waals surface area contributed by atoms with Crippen LogP contribution in [0, 0.1) is 0 Å². The van der Waals surface area contributed by atoms with Crippen LogP contribution in [0.4, 0.5) is 5.69 Å². The van der Waals surface area contributed by atoms with Gasteiger partial charge in [0.25, 0.3) is 0 Å². The van der Waals surface area contributed by atoms with E-state index in [4.69, 9.17) is 16.7 Å². The van der Waals surface area contributed by atoms with Gasteiger partial charge in [0.15, 0.2) is 0 Å². The van der Waals surface area contributed by atoms with Gasteiger partial charge in [-0.05, 0) is 31.4 Å². The summed E-state index contributed by atoms with van der Waals surface area (Å²) in [5.74, 6) is 0. The third kappa shape index (κ3) is 2.57. The molecule has 0 heterocycles. The number of nitrogens with zero attached hydrogens (tertiary/aromatic N) is 1. The first-order valence-electron chi connectivity index (χ1n) is 6.03. The van der Waals surface area contributed by atoms with Crippen LogP contribution in [0.5, 0.6) is 0 Å². The van der Waals surface area contributed by atoms with Gasteiger partial charge < -0.3 is 15.1 Å². The summed E-state index contributed by atoms with van der Waals surface area (Å²) in [5.41, 5.74) is 1.72. The molecule has 4 heteroatoms. The molecule has 2 rings (SSSR count). The van der Waals surface area contributed by atoms with Crippen molar-refractivity contribution in [1.29, 1.82) is 0 Å². The van der Waals surface area contributed by atoms with E-state index in [1.807, 2.05) is 12.1 Å². The van der Waals surface area contributed by atoms with Crippen LogP contribution in [0.25, 0.3) is 0 Å². The Morgan fingerprint density at radius 3 is 2.59 bits per heavy atom. The third-order valence-electron chi connectivity index (χ3n) is 3.42. The number of aliphatic hydroxyl groups is 2. The molecule has 3 nitrogen and oxygen atoms in total. The van der Waals surface area contributed by atoms with Crippen molar-refractivity contribution in [3.63, 3.8) is 0 Å². The van der Waals surface area contributed by atoms with Crippen LogP contribution in [-0.4, -0.2) is 29.4 Å². The van der Waals surface area contributed by atoms with Crippen molar-refractivity contribution in [3.05, 3.63) is 28.8 Å². The molecule has 94 valence electrons. The average molecular weight is 256 g/mol. The fraction of sp³-hybridized carbons (Fsp3) is 0.538. The molecule has 0 aromatic heterocycles. The summed E-state index contributed by atoms with van der Waals surface area (Å²) in [6.45, 7) is 0.648. The zero-order valence-electron chi connectivity index (χ0n) is 9.77. The lowest BCUT2D eigenvalue weighted by atomic mass is 9.90. The molecule has 1 aliphatic rings. The van der Waals surface area contributed by atoms with E-state index in [9.17, 15) is 5.11 Å². The van der Waals surface area contributed by atoms with Crippen LogP contribution in [0.3, 0.4) is 0 Å². The smallest absolute Gasteiger partial charge is 0.0716 e. The van der Waals surface area contributed by atoms with Gasteiger partial charge in [-0.15, -0.1) is 0 Å². The fourth-order valence-electron chi connectivity index (χ4n) is 2.28. The quantitative estimate of drug-likeness (QED) is 0.848. The van der Waals surface area contributed by atoms with Crippen LogP contribution < -0.4 is 4.90 Å². The molecular weight excluding hydrogens is 238 g/mol. The highest BCUT2D eigenvalue weighted by atomic mass is 35.5. The number of halogens is 1. The number of anilines is 1. The number of rotatable bonds is 5. The zero-order chi connectivity index (χ0) is 12.3. The molecule has 0 spiro atoms. The fourth-order valence-corrected chi connectivity index (χ4v) is 2.51. The molecule has 1 fully saturated rings. The highest BCUT2D eigenvalue weighted by Crippen LogP contribution is 2.34. The number of hydrogen-bond donors (Lipinski definition) is 2. The van der Waals surface area contributed by atoms with Crippen molar-refractivity contribution in [2.45, 2.75) is 31.9 Å². The molecule has 1 saturated carbocycles. The van der Waals surface area contributed by atoms with Gasteiger partial charge in [-0.25, -0.2) is 0 Å². The van der Waals surface area contributed by atoms with E-state index in [0.29, 0.717) is 17.6 Å². The zero-order valence-corrected chi connectivity index (χ0v) is 10.5. The molecular formula is C13H18ClNO2. The number of hydrogen-bond acceptors (Lipinski definition) is 3. The standard InChI is InChI=1S/C13H18ClNO2/c14-12-5-2-6-13(11(12)9-17)15(7-8-16)10-3-1-4-10/h2,5-6,10,16-17H,1,3-4,7-9H2. The van der Waals surface area contributed by atoms with Gasteiger partial charge >= 0.3 is 0 Å². The minimum atomic E-state index is -0.0658. The van der Waals surface area contributed by atoms with E-state index >= 15 is 0 Å². The van der Waals surface area contributed by atoms with E-state index in [1.165, 1.54) is 6.42 Å². The van der Waals surface area contributed by atoms with Crippen molar-refractivity contribution in [1.82, 2.24) is 0 Å². The van der Waals surface area contributed by atoms with Crippen molar-refractivity contribution in [2.24, 2.45) is 0 Å². The van der Waals surface area contributed by atoms with Crippen LogP contribution in [-0.2, 0) is 6.61 Å². The number of benzene rings is 1. The second kappa shape index (κ2) is 5.71. The molecule has 1 aromatic rings. The molecule has 0 bridgehead atoms. The summed E-state index contributed by atoms with van der Waals surface area (Å²) in [5, 5.41) is 19.2. The predicted molar refractivity (Wildman–Crippen MR) is 69.4 cm³/mol. The molecule has 17 heavy (non-hydrogen) atoms. The summed E-state index contributed by atoms with van der Waals surface area (Å²) in [4.78, 5) is 2.17. The van der Waals surface area contributed by atoms with Crippen molar-refractivity contribution in [3.8, 4) is 0 Å². The van der Waals surface area contributed by atoms with Gasteiger partial charge in [0.1, 0.15) is 0 Å². The maximum Gasteiger partial charge on any atom is 0.0716 e. The van der Waals surface area contributed by atoms with Gasteiger partial charge in [0.2, 0.25) is 0 Å². The lowest BCUT2D eigenvalue weighted by molar-refractivity contribution is 0.274. The largest absolute Gasteiger partial charge is 0.395 e. The minimum absolute atomic E-state index is 0.0658. The van der Waals surface area contributed by atoms with Crippen LogP contribution in [0.1, 0.15) is 24.8 Å². The van der Waals surface area contributed by atoms with E-state index < -0.39 is 0 Å². The van der Waals surface area contributed by atoms with Crippen molar-refractivity contribution in [2.75, 3.05) is 18.1 Å². The Balaban J connectivity index is 2.30. The van der Waals surface area contributed by atoms with Gasteiger partial charge in [-0.3, -0.25) is 0 Å². The maximum absolute atomic E-state index is 9.42. The Labute approximate surface area is 107 Å². The molecule has 0 amide bonds. The lowest BCUT2D eigenvalue weighted by Gasteiger charge is -2.40. The average Bonchev–Trinajstić information content (AvgIpc) is 2.26. The predicted octanol–water partition coefficient (Wildman–Crippen LogP) is 2.18. The first-order chi connectivity index (χ1) is 8.27. The summed E-state index contributed by atoms with van der Waals surface area (Å²) >= 11 is 6.09. The van der Waals surface area contributed by atoms with Crippen LogP contribution in [0.2, 0.25) is 5.02 Å². The van der Waals surface area contributed by atoms with E-state index in [-0.39, 0.29) is 13.2 Å². The van der Waals surface area contributed by atoms with Crippen LogP contribution >= 0.6 is 11.6 Å². The lowest BCUT2D eigenvalue weighted by Crippen LogP contribution is -2.42. The van der Waals surface area contributed by atoms with Crippen molar-refractivity contribution >= 4 is 17.3 Å². The highest BCUT2D eigenvalue weighted by Gasteiger charge is 2.26. The summed E-state index contributed by atoms with van der Waals surface area (Å²) in [6, 6.07) is 6.12. The molecule has 1 aromatic carbocycles. The van der Waals surface area contributed by atoms with Gasteiger partial charge in [-0.1, -0.05) is 17.7 Å². The van der Waals surface area contributed by atoms with Crippen molar-refractivity contribution < 1.29 is 10.2 Å². The Kier molecular flexibility index (Phi) is 4.26. The number of aliphatic hydroxyl groups excluding tert-OH is 2. The minimum Gasteiger partial charge on any atom is -0.395 e. The third-order valence-corrected chi connectivity index (χ3v) is 3.77. The maximum atomic E-state index is 9.42. The van der Waals surface area contributed by atoms with Crippen LogP contribution in [0.15, 0.2) is 18.2 Å². The molecule has 2 N–H and O–H groups in total. The summed E-state index contributed by atoms with van der Waals surface area (Å²) in [7, 11) is 0. The SMILES string of the molecule is OCCN(c1cccc(Cl)c1CO)C1CCC1. The Bertz CT molecular complexity index is 380. The molecule has 0 unspecified atom stereocenters.